The fraction of sp³-hybridized carbons (Fsp3) is 0.150. The van der Waals surface area contributed by atoms with E-state index in [4.69, 9.17) is 25.5 Å². The average Bonchev–Trinajstić information content (AvgIpc) is 3.41. The van der Waals surface area contributed by atoms with E-state index in [2.05, 4.69) is 10.3 Å². The van der Waals surface area contributed by atoms with Crippen LogP contribution in [0, 0.1) is 0 Å². The molecule has 148 valence electrons. The lowest BCUT2D eigenvalue weighted by atomic mass is 10.2. The van der Waals surface area contributed by atoms with Crippen LogP contribution in [-0.4, -0.2) is 30.1 Å². The van der Waals surface area contributed by atoms with Crippen LogP contribution in [0.1, 0.15) is 16.1 Å². The fourth-order valence-corrected chi connectivity index (χ4v) is 2.90. The molecule has 0 saturated carbocycles. The smallest absolute Gasteiger partial charge is 0.260 e. The topological polar surface area (TPSA) is 93.9 Å². The Balaban J connectivity index is 1.57. The third-order valence-electron chi connectivity index (χ3n) is 4.23. The number of nitrogens with zero attached hydrogens (tertiary/aromatic N) is 2. The summed E-state index contributed by atoms with van der Waals surface area (Å²) in [6.45, 7) is 0.122. The van der Waals surface area contributed by atoms with Crippen LogP contribution < -0.4 is 19.7 Å². The molecular formula is C20H16ClN3O5. The normalized spacial score (nSPS) is 11.9. The first kappa shape index (κ1) is 18.8. The summed E-state index contributed by atoms with van der Waals surface area (Å²) >= 11 is 5.81. The molecule has 1 N–H and O–H groups in total. The average molecular weight is 414 g/mol. The van der Waals surface area contributed by atoms with Crippen molar-refractivity contribution in [1.29, 1.82) is 0 Å². The van der Waals surface area contributed by atoms with Crippen LogP contribution in [0.5, 0.6) is 11.5 Å². The summed E-state index contributed by atoms with van der Waals surface area (Å²) in [6, 6.07) is 11.6. The molecule has 3 heterocycles. The third kappa shape index (κ3) is 4.33. The number of halogens is 1. The Kier molecular flexibility index (Phi) is 5.35. The number of carbonyl (C=O) groups is 2. The number of hydrogen-bond acceptors (Lipinski definition) is 6. The number of aromatic nitrogens is 1. The van der Waals surface area contributed by atoms with Gasteiger partial charge in [0.1, 0.15) is 17.5 Å². The number of pyridine rings is 1. The molecule has 2 amide bonds. The number of benzene rings is 1. The molecule has 2 aromatic heterocycles. The van der Waals surface area contributed by atoms with Crippen LogP contribution in [0.4, 0.5) is 5.69 Å². The molecule has 0 spiro atoms. The van der Waals surface area contributed by atoms with E-state index < -0.39 is 5.91 Å². The van der Waals surface area contributed by atoms with Gasteiger partial charge in [-0.25, -0.2) is 4.98 Å². The number of carbonyl (C=O) groups excluding carboxylic acids is 2. The summed E-state index contributed by atoms with van der Waals surface area (Å²) in [5.74, 6) is 0.943. The van der Waals surface area contributed by atoms with Crippen LogP contribution >= 0.6 is 11.6 Å². The highest BCUT2D eigenvalue weighted by atomic mass is 35.5. The minimum Gasteiger partial charge on any atom is -0.467 e. The molecule has 29 heavy (non-hydrogen) atoms. The number of hydrogen-bond donors (Lipinski definition) is 1. The second kappa shape index (κ2) is 8.24. The predicted octanol–water partition coefficient (Wildman–Crippen LogP) is 3.02. The summed E-state index contributed by atoms with van der Waals surface area (Å²) in [6.07, 6.45) is 2.89. The number of rotatable bonds is 6. The molecule has 9 heteroatoms. The van der Waals surface area contributed by atoms with Crippen molar-refractivity contribution in [3.8, 4) is 11.5 Å². The van der Waals surface area contributed by atoms with Crippen LogP contribution in [0.25, 0.3) is 0 Å². The maximum Gasteiger partial charge on any atom is 0.260 e. The molecular weight excluding hydrogens is 398 g/mol. The summed E-state index contributed by atoms with van der Waals surface area (Å²) in [5.41, 5.74) is 0.785. The Hall–Kier alpha value is -3.52. The molecule has 0 saturated heterocycles. The Morgan fingerprint density at radius 1 is 1.14 bits per heavy atom. The maximum atomic E-state index is 13.1. The molecule has 0 radical (unpaired) electrons. The Morgan fingerprint density at radius 2 is 2.00 bits per heavy atom. The first-order valence-corrected chi connectivity index (χ1v) is 9.10. The van der Waals surface area contributed by atoms with Crippen molar-refractivity contribution in [3.63, 3.8) is 0 Å². The van der Waals surface area contributed by atoms with Crippen molar-refractivity contribution in [1.82, 2.24) is 10.3 Å². The zero-order chi connectivity index (χ0) is 20.2. The number of amides is 2. The van der Waals surface area contributed by atoms with E-state index >= 15 is 0 Å². The first-order chi connectivity index (χ1) is 14.1. The standard InChI is InChI=1S/C20H16ClN3O5/c21-18-6-3-13(9-22-18)20(26)24(11-19(25)23-10-15-2-1-7-27-15)14-4-5-16-17(8-14)29-12-28-16/h1-9H,10-12H2,(H,23,25). The molecule has 8 nitrogen and oxygen atoms in total. The van der Waals surface area contributed by atoms with E-state index in [0.29, 0.717) is 28.5 Å². The van der Waals surface area contributed by atoms with E-state index in [0.717, 1.165) is 0 Å². The van der Waals surface area contributed by atoms with Gasteiger partial charge < -0.3 is 19.2 Å². The molecule has 0 unspecified atom stereocenters. The molecule has 0 aliphatic carbocycles. The Bertz CT molecular complexity index is 1020. The minimum atomic E-state index is -0.402. The lowest BCUT2D eigenvalue weighted by molar-refractivity contribution is -0.119. The van der Waals surface area contributed by atoms with Gasteiger partial charge in [0, 0.05) is 18.0 Å². The zero-order valence-corrected chi connectivity index (χ0v) is 15.9. The first-order valence-electron chi connectivity index (χ1n) is 8.72. The number of ether oxygens (including phenoxy) is 2. The molecule has 0 fully saturated rings. The van der Waals surface area contributed by atoms with Crippen molar-refractivity contribution in [3.05, 3.63) is 71.4 Å². The van der Waals surface area contributed by atoms with Gasteiger partial charge in [-0.15, -0.1) is 0 Å². The monoisotopic (exact) mass is 413 g/mol. The van der Waals surface area contributed by atoms with Crippen LogP contribution in [0.15, 0.2) is 59.3 Å². The highest BCUT2D eigenvalue weighted by molar-refractivity contribution is 6.29. The van der Waals surface area contributed by atoms with Gasteiger partial charge in [0.15, 0.2) is 11.5 Å². The quantitative estimate of drug-likeness (QED) is 0.624. The van der Waals surface area contributed by atoms with Crippen molar-refractivity contribution >= 4 is 29.1 Å². The Labute approximate surface area is 171 Å². The van der Waals surface area contributed by atoms with Crippen LogP contribution in [0.2, 0.25) is 5.15 Å². The molecule has 1 aliphatic heterocycles. The molecule has 4 rings (SSSR count). The number of nitrogens with one attached hydrogen (secondary N) is 1. The SMILES string of the molecule is O=C(CN(C(=O)c1ccc(Cl)nc1)c1ccc2c(c1)OCO2)NCc1ccco1. The van der Waals surface area contributed by atoms with Gasteiger partial charge in [0.25, 0.3) is 5.91 Å². The second-order valence-electron chi connectivity index (χ2n) is 6.15. The number of fused-ring (bicyclic) bond motifs is 1. The van der Waals surface area contributed by atoms with Gasteiger partial charge in [-0.2, -0.15) is 0 Å². The molecule has 0 atom stereocenters. The molecule has 1 aliphatic rings. The van der Waals surface area contributed by atoms with Crippen molar-refractivity contribution in [2.24, 2.45) is 0 Å². The van der Waals surface area contributed by atoms with E-state index in [9.17, 15) is 9.59 Å². The van der Waals surface area contributed by atoms with Crippen molar-refractivity contribution in [2.75, 3.05) is 18.2 Å². The number of anilines is 1. The van der Waals surface area contributed by atoms with Crippen molar-refractivity contribution in [2.45, 2.75) is 6.54 Å². The van der Waals surface area contributed by atoms with E-state index in [1.807, 2.05) is 0 Å². The highest BCUT2D eigenvalue weighted by Gasteiger charge is 2.24. The summed E-state index contributed by atoms with van der Waals surface area (Å²) < 4.78 is 15.9. The Morgan fingerprint density at radius 3 is 2.76 bits per heavy atom. The van der Waals surface area contributed by atoms with Crippen LogP contribution in [-0.2, 0) is 11.3 Å². The van der Waals surface area contributed by atoms with E-state index in [-0.39, 0.29) is 30.9 Å². The molecule has 0 bridgehead atoms. The van der Waals surface area contributed by atoms with Crippen molar-refractivity contribution < 1.29 is 23.5 Å². The largest absolute Gasteiger partial charge is 0.467 e. The number of furan rings is 1. The van der Waals surface area contributed by atoms with Gasteiger partial charge in [0.05, 0.1) is 18.4 Å². The van der Waals surface area contributed by atoms with Gasteiger partial charge in [-0.1, -0.05) is 11.6 Å². The van der Waals surface area contributed by atoms with E-state index in [1.165, 1.54) is 23.4 Å². The summed E-state index contributed by atoms with van der Waals surface area (Å²) in [4.78, 5) is 30.9. The maximum absolute atomic E-state index is 13.1. The van der Waals surface area contributed by atoms with Gasteiger partial charge in [-0.05, 0) is 36.4 Å². The van der Waals surface area contributed by atoms with Gasteiger partial charge >= 0.3 is 0 Å². The molecule has 1 aromatic carbocycles. The highest BCUT2D eigenvalue weighted by Crippen LogP contribution is 2.35. The predicted molar refractivity (Wildman–Crippen MR) is 104 cm³/mol. The lowest BCUT2D eigenvalue weighted by Gasteiger charge is -2.22. The van der Waals surface area contributed by atoms with Gasteiger partial charge in [-0.3, -0.25) is 14.5 Å². The minimum absolute atomic E-state index is 0.109. The lowest BCUT2D eigenvalue weighted by Crippen LogP contribution is -2.40. The zero-order valence-electron chi connectivity index (χ0n) is 15.1. The summed E-state index contributed by atoms with van der Waals surface area (Å²) in [7, 11) is 0. The fourth-order valence-electron chi connectivity index (χ4n) is 2.79. The van der Waals surface area contributed by atoms with Gasteiger partial charge in [0.2, 0.25) is 12.7 Å². The third-order valence-corrected chi connectivity index (χ3v) is 4.45. The van der Waals surface area contributed by atoms with Crippen LogP contribution in [0.3, 0.4) is 0 Å². The summed E-state index contributed by atoms with van der Waals surface area (Å²) in [5, 5.41) is 3.00. The van der Waals surface area contributed by atoms with E-state index in [1.54, 1.807) is 36.4 Å². The second-order valence-corrected chi connectivity index (χ2v) is 6.54. The molecule has 3 aromatic rings.